The lowest BCUT2D eigenvalue weighted by molar-refractivity contribution is -0.179. The van der Waals surface area contributed by atoms with Crippen LogP contribution >= 0.6 is 0 Å². The van der Waals surface area contributed by atoms with E-state index in [1.165, 1.54) is 0 Å². The Morgan fingerprint density at radius 1 is 1.09 bits per heavy atom. The SMILES string of the molecule is COC1=C[C@]23CCCN2CCc2cc4c(cc2[C@@H]3C1OC(=O)C(O)(CCCC(C)(C)O)CC(=O)OCC1(C)CC1)OCO4. The summed E-state index contributed by atoms with van der Waals surface area (Å²) in [6.07, 6.45) is 5.98. The van der Waals surface area contributed by atoms with Crippen LogP contribution in [0.2, 0.25) is 0 Å². The number of nitrogens with zero attached hydrogens (tertiary/aromatic N) is 1. The molecule has 3 aliphatic heterocycles. The third-order valence-electron chi connectivity index (χ3n) is 10.1. The third kappa shape index (κ3) is 5.85. The molecule has 2 aliphatic carbocycles. The molecule has 3 heterocycles. The Balaban J connectivity index is 1.30. The van der Waals surface area contributed by atoms with Gasteiger partial charge in [0.15, 0.2) is 23.2 Å². The van der Waals surface area contributed by atoms with Gasteiger partial charge in [-0.2, -0.15) is 0 Å². The van der Waals surface area contributed by atoms with E-state index >= 15 is 0 Å². The van der Waals surface area contributed by atoms with Crippen LogP contribution in [0.3, 0.4) is 0 Å². The molecule has 1 spiro atoms. The number of fused-ring (bicyclic) bond motifs is 3. The molecule has 0 aromatic heterocycles. The van der Waals surface area contributed by atoms with Gasteiger partial charge in [-0.3, -0.25) is 9.69 Å². The average molecular weight is 600 g/mol. The lowest BCUT2D eigenvalue weighted by Crippen LogP contribution is -2.49. The van der Waals surface area contributed by atoms with Crippen molar-refractivity contribution in [2.75, 3.05) is 33.6 Å². The number of benzene rings is 1. The maximum Gasteiger partial charge on any atom is 0.339 e. The second-order valence-electron chi connectivity index (χ2n) is 14.1. The highest BCUT2D eigenvalue weighted by Crippen LogP contribution is 2.56. The predicted molar refractivity (Wildman–Crippen MR) is 156 cm³/mol. The Morgan fingerprint density at radius 3 is 2.53 bits per heavy atom. The first-order valence-electron chi connectivity index (χ1n) is 15.6. The Morgan fingerprint density at radius 2 is 1.84 bits per heavy atom. The van der Waals surface area contributed by atoms with Crippen LogP contribution in [0.1, 0.15) is 89.2 Å². The van der Waals surface area contributed by atoms with Crippen molar-refractivity contribution >= 4 is 11.9 Å². The van der Waals surface area contributed by atoms with Gasteiger partial charge in [0.1, 0.15) is 5.76 Å². The van der Waals surface area contributed by atoms with Crippen molar-refractivity contribution < 1.29 is 43.5 Å². The zero-order valence-corrected chi connectivity index (χ0v) is 25.8. The fourth-order valence-corrected chi connectivity index (χ4v) is 7.30. The first kappa shape index (κ1) is 30.2. The van der Waals surface area contributed by atoms with E-state index in [-0.39, 0.29) is 31.2 Å². The van der Waals surface area contributed by atoms with Crippen LogP contribution in [0.4, 0.5) is 0 Å². The summed E-state index contributed by atoms with van der Waals surface area (Å²) in [4.78, 5) is 29.4. The number of carbonyl (C=O) groups excluding carboxylic acids is 2. The van der Waals surface area contributed by atoms with E-state index in [4.69, 9.17) is 23.7 Å². The Bertz CT molecular complexity index is 1300. The molecule has 5 aliphatic rings. The molecular formula is C33H45NO9. The molecule has 0 radical (unpaired) electrons. The van der Waals surface area contributed by atoms with Crippen molar-refractivity contribution in [1.29, 1.82) is 0 Å². The summed E-state index contributed by atoms with van der Waals surface area (Å²) in [5, 5.41) is 22.1. The van der Waals surface area contributed by atoms with Gasteiger partial charge in [0.2, 0.25) is 6.79 Å². The van der Waals surface area contributed by atoms with E-state index in [1.807, 2.05) is 19.1 Å². The number of rotatable bonds is 11. The lowest BCUT2D eigenvalue weighted by atomic mass is 9.77. The summed E-state index contributed by atoms with van der Waals surface area (Å²) < 4.78 is 29.1. The molecular weight excluding hydrogens is 554 g/mol. The molecule has 236 valence electrons. The van der Waals surface area contributed by atoms with Crippen molar-refractivity contribution in [3.05, 3.63) is 35.1 Å². The monoisotopic (exact) mass is 599 g/mol. The smallest absolute Gasteiger partial charge is 0.339 e. The van der Waals surface area contributed by atoms with Gasteiger partial charge in [0.25, 0.3) is 0 Å². The van der Waals surface area contributed by atoms with Gasteiger partial charge in [-0.05, 0) is 101 Å². The molecule has 10 heteroatoms. The molecule has 4 atom stereocenters. The molecule has 1 aromatic rings. The number of carbonyl (C=O) groups is 2. The van der Waals surface area contributed by atoms with E-state index in [9.17, 15) is 19.8 Å². The second-order valence-corrected chi connectivity index (χ2v) is 14.1. The summed E-state index contributed by atoms with van der Waals surface area (Å²) in [5.74, 6) is 0.0596. The van der Waals surface area contributed by atoms with Gasteiger partial charge < -0.3 is 33.9 Å². The Hall–Kier alpha value is -2.82. The maximum atomic E-state index is 14.1. The highest BCUT2D eigenvalue weighted by Gasteiger charge is 2.59. The van der Waals surface area contributed by atoms with Gasteiger partial charge in [-0.1, -0.05) is 6.92 Å². The summed E-state index contributed by atoms with van der Waals surface area (Å²) in [7, 11) is 1.57. The number of ether oxygens (including phenoxy) is 5. The van der Waals surface area contributed by atoms with Crippen molar-refractivity contribution in [2.45, 2.75) is 107 Å². The topological polar surface area (TPSA) is 124 Å². The largest absolute Gasteiger partial charge is 0.497 e. The van der Waals surface area contributed by atoms with Gasteiger partial charge in [0.05, 0.1) is 37.2 Å². The molecule has 2 N–H and O–H groups in total. The van der Waals surface area contributed by atoms with E-state index in [0.717, 1.165) is 56.3 Å². The van der Waals surface area contributed by atoms with Crippen molar-refractivity contribution in [1.82, 2.24) is 4.90 Å². The summed E-state index contributed by atoms with van der Waals surface area (Å²) in [6.45, 7) is 7.55. The van der Waals surface area contributed by atoms with Crippen LogP contribution in [-0.2, 0) is 30.2 Å². The first-order valence-corrected chi connectivity index (χ1v) is 15.6. The quantitative estimate of drug-likeness (QED) is 0.364. The fraction of sp³-hybridized carbons (Fsp3) is 0.697. The predicted octanol–water partition coefficient (Wildman–Crippen LogP) is 3.75. The van der Waals surface area contributed by atoms with Crippen LogP contribution in [0.5, 0.6) is 11.5 Å². The number of methoxy groups -OCH3 is 1. The molecule has 2 unspecified atom stereocenters. The van der Waals surface area contributed by atoms with Gasteiger partial charge in [-0.25, -0.2) is 4.79 Å². The van der Waals surface area contributed by atoms with Crippen LogP contribution in [0, 0.1) is 5.41 Å². The van der Waals surface area contributed by atoms with Gasteiger partial charge >= 0.3 is 11.9 Å². The second kappa shape index (κ2) is 11.0. The van der Waals surface area contributed by atoms with Crippen molar-refractivity contribution in [3.8, 4) is 11.5 Å². The van der Waals surface area contributed by atoms with Crippen LogP contribution in [0.25, 0.3) is 0 Å². The number of hydrogen-bond acceptors (Lipinski definition) is 10. The highest BCUT2D eigenvalue weighted by molar-refractivity contribution is 5.86. The maximum absolute atomic E-state index is 14.1. The molecule has 6 rings (SSSR count). The lowest BCUT2D eigenvalue weighted by Gasteiger charge is -2.39. The van der Waals surface area contributed by atoms with E-state index in [1.54, 1.807) is 21.0 Å². The molecule has 0 amide bonds. The van der Waals surface area contributed by atoms with Crippen LogP contribution in [-0.4, -0.2) is 83.5 Å². The zero-order valence-electron chi connectivity index (χ0n) is 25.8. The summed E-state index contributed by atoms with van der Waals surface area (Å²) in [6, 6.07) is 4.03. The Kier molecular flexibility index (Phi) is 7.70. The van der Waals surface area contributed by atoms with Crippen molar-refractivity contribution in [3.63, 3.8) is 0 Å². The van der Waals surface area contributed by atoms with E-state index < -0.39 is 41.2 Å². The summed E-state index contributed by atoms with van der Waals surface area (Å²) in [5.41, 5.74) is -1.45. The third-order valence-corrected chi connectivity index (χ3v) is 10.1. The molecule has 0 bridgehead atoms. The molecule has 1 aromatic carbocycles. The molecule has 2 fully saturated rings. The Labute approximate surface area is 253 Å². The minimum atomic E-state index is -2.13. The van der Waals surface area contributed by atoms with Crippen molar-refractivity contribution in [2.24, 2.45) is 5.41 Å². The fourth-order valence-electron chi connectivity index (χ4n) is 7.30. The number of hydrogen-bond donors (Lipinski definition) is 2. The first-order chi connectivity index (χ1) is 20.3. The molecule has 1 saturated carbocycles. The molecule has 43 heavy (non-hydrogen) atoms. The number of aliphatic hydroxyl groups is 2. The van der Waals surface area contributed by atoms with E-state index in [0.29, 0.717) is 30.1 Å². The van der Waals surface area contributed by atoms with Crippen LogP contribution < -0.4 is 9.47 Å². The zero-order chi connectivity index (χ0) is 30.6. The molecule has 1 saturated heterocycles. The normalized spacial score (nSPS) is 28.1. The minimum Gasteiger partial charge on any atom is -0.497 e. The average Bonchev–Trinajstić information content (AvgIpc) is 3.24. The van der Waals surface area contributed by atoms with Crippen LogP contribution in [0.15, 0.2) is 24.0 Å². The minimum absolute atomic E-state index is 0.0273. The standard InChI is InChI=1S/C33H45NO9/c1-30(2,37)8-5-10-33(38,18-26(35)40-19-31(3)11-12-31)29(36)43-28-25(39-4)17-32-9-6-13-34(32)14-7-21-15-23-24(42-20-41-23)16-22(21)27(28)32/h15-17,27-28,37-38H,5-14,18-20H2,1-4H3/t27-,28?,32+,33?/m1/s1. The molecule has 10 nitrogen and oxygen atoms in total. The van der Waals surface area contributed by atoms with E-state index in [2.05, 4.69) is 11.0 Å². The summed E-state index contributed by atoms with van der Waals surface area (Å²) >= 11 is 0. The highest BCUT2D eigenvalue weighted by atomic mass is 16.7. The van der Waals surface area contributed by atoms with Gasteiger partial charge in [0, 0.05) is 12.0 Å². The van der Waals surface area contributed by atoms with Gasteiger partial charge in [-0.15, -0.1) is 0 Å². The number of esters is 2.